The van der Waals surface area contributed by atoms with Gasteiger partial charge in [-0.3, -0.25) is 0 Å². The summed E-state index contributed by atoms with van der Waals surface area (Å²) >= 11 is 0. The molecular formula is C18H22FNO. The fraction of sp³-hybridized carbons (Fsp3) is 0.333. The molecule has 2 aromatic rings. The van der Waals surface area contributed by atoms with Crippen LogP contribution in [0.1, 0.15) is 44.9 Å². The third kappa shape index (κ3) is 3.61. The Morgan fingerprint density at radius 2 is 1.67 bits per heavy atom. The van der Waals surface area contributed by atoms with Crippen molar-refractivity contribution in [3.63, 3.8) is 0 Å². The minimum absolute atomic E-state index is 0.0768. The van der Waals surface area contributed by atoms with E-state index in [9.17, 15) is 4.39 Å². The van der Waals surface area contributed by atoms with Gasteiger partial charge in [0.2, 0.25) is 0 Å². The van der Waals surface area contributed by atoms with Gasteiger partial charge in [0.15, 0.2) is 11.6 Å². The second kappa shape index (κ2) is 5.86. The average Bonchev–Trinajstić information content (AvgIpc) is 2.40. The molecule has 112 valence electrons. The van der Waals surface area contributed by atoms with Gasteiger partial charge >= 0.3 is 0 Å². The third-order valence-corrected chi connectivity index (χ3v) is 3.43. The number of hydrogen-bond donors (Lipinski definition) is 1. The molecule has 0 aliphatic heterocycles. The highest BCUT2D eigenvalue weighted by molar-refractivity contribution is 5.41. The molecule has 21 heavy (non-hydrogen) atoms. The van der Waals surface area contributed by atoms with E-state index < -0.39 is 5.82 Å². The van der Waals surface area contributed by atoms with E-state index in [1.54, 1.807) is 12.1 Å². The smallest absolute Gasteiger partial charge is 0.167 e. The van der Waals surface area contributed by atoms with Crippen LogP contribution in [-0.2, 0) is 5.41 Å². The maximum absolute atomic E-state index is 14.0. The van der Waals surface area contributed by atoms with E-state index in [1.807, 2.05) is 31.2 Å². The molecule has 0 fully saturated rings. The lowest BCUT2D eigenvalue weighted by Crippen LogP contribution is -2.10. The fourth-order valence-electron chi connectivity index (χ4n) is 2.13. The molecule has 0 aromatic heterocycles. The van der Waals surface area contributed by atoms with Crippen LogP contribution >= 0.6 is 0 Å². The lowest BCUT2D eigenvalue weighted by Gasteiger charge is -2.19. The Labute approximate surface area is 125 Å². The summed E-state index contributed by atoms with van der Waals surface area (Å²) in [5.41, 5.74) is 7.81. The molecular weight excluding hydrogens is 265 g/mol. The molecule has 0 aliphatic rings. The quantitative estimate of drug-likeness (QED) is 0.868. The van der Waals surface area contributed by atoms with Crippen molar-refractivity contribution in [1.82, 2.24) is 0 Å². The van der Waals surface area contributed by atoms with Gasteiger partial charge in [0.25, 0.3) is 0 Å². The first-order chi connectivity index (χ1) is 9.79. The van der Waals surface area contributed by atoms with E-state index in [0.29, 0.717) is 11.3 Å². The fourth-order valence-corrected chi connectivity index (χ4v) is 2.13. The van der Waals surface area contributed by atoms with Crippen LogP contribution in [0, 0.1) is 5.82 Å². The Balaban J connectivity index is 2.31. The molecule has 0 radical (unpaired) electrons. The first kappa shape index (κ1) is 15.5. The van der Waals surface area contributed by atoms with Crippen LogP contribution in [0.3, 0.4) is 0 Å². The maximum atomic E-state index is 14.0. The Kier molecular flexibility index (Phi) is 4.33. The molecule has 0 bridgehead atoms. The summed E-state index contributed by atoms with van der Waals surface area (Å²) in [7, 11) is 0. The second-order valence-electron chi connectivity index (χ2n) is 6.32. The Hall–Kier alpha value is -1.87. The molecule has 0 saturated heterocycles. The number of nitrogens with two attached hydrogens (primary N) is 1. The van der Waals surface area contributed by atoms with Crippen molar-refractivity contribution < 1.29 is 9.13 Å². The first-order valence-electron chi connectivity index (χ1n) is 7.11. The van der Waals surface area contributed by atoms with E-state index in [-0.39, 0.29) is 17.2 Å². The second-order valence-corrected chi connectivity index (χ2v) is 6.32. The van der Waals surface area contributed by atoms with Crippen LogP contribution in [0.15, 0.2) is 42.5 Å². The van der Waals surface area contributed by atoms with Crippen molar-refractivity contribution in [1.29, 1.82) is 0 Å². The summed E-state index contributed by atoms with van der Waals surface area (Å²) in [5.74, 6) is 0.413. The van der Waals surface area contributed by atoms with Crippen LogP contribution in [0.5, 0.6) is 11.5 Å². The monoisotopic (exact) mass is 287 g/mol. The summed E-state index contributed by atoms with van der Waals surface area (Å²) in [4.78, 5) is 0. The van der Waals surface area contributed by atoms with Crippen molar-refractivity contribution in [2.24, 2.45) is 5.73 Å². The first-order valence-corrected chi connectivity index (χ1v) is 7.11. The van der Waals surface area contributed by atoms with Crippen LogP contribution in [0.4, 0.5) is 4.39 Å². The van der Waals surface area contributed by atoms with Gasteiger partial charge < -0.3 is 10.5 Å². The number of ether oxygens (including phenoxy) is 1. The predicted octanol–water partition coefficient (Wildman–Crippen LogP) is 4.94. The summed E-state index contributed by atoms with van der Waals surface area (Å²) < 4.78 is 19.7. The van der Waals surface area contributed by atoms with Gasteiger partial charge in [0, 0.05) is 11.6 Å². The van der Waals surface area contributed by atoms with E-state index >= 15 is 0 Å². The van der Waals surface area contributed by atoms with Gasteiger partial charge in [-0.25, -0.2) is 4.39 Å². The Bertz CT molecular complexity index is 612. The van der Waals surface area contributed by atoms with Crippen molar-refractivity contribution in [2.75, 3.05) is 0 Å². The van der Waals surface area contributed by atoms with Crippen LogP contribution in [0.25, 0.3) is 0 Å². The molecule has 1 unspecified atom stereocenters. The lowest BCUT2D eigenvalue weighted by atomic mass is 9.87. The van der Waals surface area contributed by atoms with Crippen LogP contribution in [-0.4, -0.2) is 0 Å². The molecule has 2 rings (SSSR count). The summed E-state index contributed by atoms with van der Waals surface area (Å²) in [6, 6.07) is 12.2. The van der Waals surface area contributed by atoms with E-state index in [4.69, 9.17) is 10.5 Å². The number of benzene rings is 2. The molecule has 3 heteroatoms. The molecule has 2 N–H and O–H groups in total. The van der Waals surface area contributed by atoms with E-state index in [0.717, 1.165) is 0 Å². The zero-order chi connectivity index (χ0) is 15.6. The Morgan fingerprint density at radius 3 is 2.19 bits per heavy atom. The van der Waals surface area contributed by atoms with Gasteiger partial charge in [-0.2, -0.15) is 0 Å². The van der Waals surface area contributed by atoms with E-state index in [2.05, 4.69) is 20.8 Å². The van der Waals surface area contributed by atoms with Gasteiger partial charge in [0.05, 0.1) is 0 Å². The van der Waals surface area contributed by atoms with Gasteiger partial charge in [-0.05, 0) is 36.1 Å². The molecule has 0 spiro atoms. The highest BCUT2D eigenvalue weighted by atomic mass is 19.1. The number of halogens is 1. The number of hydrogen-bond acceptors (Lipinski definition) is 2. The third-order valence-electron chi connectivity index (χ3n) is 3.43. The van der Waals surface area contributed by atoms with Gasteiger partial charge in [-0.1, -0.05) is 45.0 Å². The minimum atomic E-state index is -0.398. The summed E-state index contributed by atoms with van der Waals surface area (Å²) in [6.07, 6.45) is 0. The van der Waals surface area contributed by atoms with Crippen LogP contribution in [0.2, 0.25) is 0 Å². The summed E-state index contributed by atoms with van der Waals surface area (Å²) in [6.45, 7) is 8.25. The zero-order valence-corrected chi connectivity index (χ0v) is 13.0. The average molecular weight is 287 g/mol. The van der Waals surface area contributed by atoms with E-state index in [1.165, 1.54) is 11.6 Å². The summed E-state index contributed by atoms with van der Waals surface area (Å²) in [5, 5.41) is 0. The predicted molar refractivity (Wildman–Crippen MR) is 84.2 cm³/mol. The molecule has 0 heterocycles. The van der Waals surface area contributed by atoms with Crippen molar-refractivity contribution in [2.45, 2.75) is 39.2 Å². The molecule has 0 saturated carbocycles. The highest BCUT2D eigenvalue weighted by Crippen LogP contribution is 2.32. The largest absolute Gasteiger partial charge is 0.454 e. The topological polar surface area (TPSA) is 35.2 Å². The zero-order valence-electron chi connectivity index (χ0n) is 13.0. The normalized spacial score (nSPS) is 13.0. The van der Waals surface area contributed by atoms with Crippen molar-refractivity contribution in [3.05, 3.63) is 59.4 Å². The lowest BCUT2D eigenvalue weighted by molar-refractivity contribution is 0.432. The molecule has 1 atom stereocenters. The van der Waals surface area contributed by atoms with Crippen molar-refractivity contribution >= 4 is 0 Å². The number of para-hydroxylation sites is 1. The SMILES string of the molecule is CC(N)c1cccc(F)c1Oc1ccc(C(C)(C)C)cc1. The maximum Gasteiger partial charge on any atom is 0.167 e. The van der Waals surface area contributed by atoms with Crippen LogP contribution < -0.4 is 10.5 Å². The van der Waals surface area contributed by atoms with Crippen molar-refractivity contribution in [3.8, 4) is 11.5 Å². The number of rotatable bonds is 3. The molecule has 0 amide bonds. The van der Waals surface area contributed by atoms with Gasteiger partial charge in [-0.15, -0.1) is 0 Å². The standard InChI is InChI=1S/C18H22FNO/c1-12(20)15-6-5-7-16(19)17(15)21-14-10-8-13(9-11-14)18(2,3)4/h5-12H,20H2,1-4H3. The highest BCUT2D eigenvalue weighted by Gasteiger charge is 2.16. The molecule has 0 aliphatic carbocycles. The Morgan fingerprint density at radius 1 is 1.05 bits per heavy atom. The minimum Gasteiger partial charge on any atom is -0.454 e. The molecule has 2 nitrogen and oxygen atoms in total. The van der Waals surface area contributed by atoms with Gasteiger partial charge in [0.1, 0.15) is 5.75 Å². The molecule has 2 aromatic carbocycles.